The summed E-state index contributed by atoms with van der Waals surface area (Å²) in [7, 11) is -1.35. The lowest BCUT2D eigenvalue weighted by Crippen LogP contribution is -2.52. The van der Waals surface area contributed by atoms with E-state index < -0.39 is 28.5 Å². The van der Waals surface area contributed by atoms with E-state index in [0.717, 1.165) is 21.9 Å². The van der Waals surface area contributed by atoms with Gasteiger partial charge in [0.15, 0.2) is 11.5 Å². The third kappa shape index (κ3) is 8.00. The second kappa shape index (κ2) is 14.5. The molecule has 0 aliphatic carbocycles. The number of carbonyl (C=O) groups excluding carboxylic acids is 2. The highest BCUT2D eigenvalue weighted by Crippen LogP contribution is 2.32. The van der Waals surface area contributed by atoms with Gasteiger partial charge in [0.05, 0.1) is 24.8 Å². The number of anilines is 1. The summed E-state index contributed by atoms with van der Waals surface area (Å²) in [4.78, 5) is 28.3. The number of amides is 2. The van der Waals surface area contributed by atoms with Crippen LogP contribution in [0.2, 0.25) is 0 Å². The van der Waals surface area contributed by atoms with Crippen LogP contribution in [0.15, 0.2) is 77.7 Å². The molecule has 0 saturated heterocycles. The number of methoxy groups -OCH3 is 2. The zero-order valence-corrected chi connectivity index (χ0v) is 25.1. The van der Waals surface area contributed by atoms with E-state index in [1.807, 2.05) is 44.2 Å². The maximum atomic E-state index is 14.0. The number of hydrogen-bond donors (Lipinski definition) is 1. The van der Waals surface area contributed by atoms with E-state index >= 15 is 0 Å². The quantitative estimate of drug-likeness (QED) is 0.306. The molecule has 220 valence electrons. The minimum Gasteiger partial charge on any atom is -0.493 e. The number of rotatable bonds is 14. The second-order valence-corrected chi connectivity index (χ2v) is 11.5. The summed E-state index contributed by atoms with van der Waals surface area (Å²) in [6.45, 7) is 5.72. The lowest BCUT2D eigenvalue weighted by atomic mass is 10.1. The molecule has 0 aliphatic heterocycles. The summed E-state index contributed by atoms with van der Waals surface area (Å²) in [6, 6.07) is 20.0. The summed E-state index contributed by atoms with van der Waals surface area (Å²) >= 11 is 0. The molecule has 0 unspecified atom stereocenters. The van der Waals surface area contributed by atoms with Gasteiger partial charge in [-0.25, -0.2) is 8.42 Å². The Hall–Kier alpha value is -4.05. The molecular weight excluding hydrogens is 542 g/mol. The first-order valence-corrected chi connectivity index (χ1v) is 15.0. The van der Waals surface area contributed by atoms with Crippen molar-refractivity contribution in [2.24, 2.45) is 0 Å². The molecule has 0 bridgehead atoms. The van der Waals surface area contributed by atoms with Gasteiger partial charge >= 0.3 is 0 Å². The van der Waals surface area contributed by atoms with Crippen LogP contribution in [0.3, 0.4) is 0 Å². The minimum atomic E-state index is -4.23. The maximum Gasteiger partial charge on any atom is 0.264 e. The molecular formula is C31H39N3O6S. The van der Waals surface area contributed by atoms with E-state index in [1.165, 1.54) is 37.3 Å². The monoisotopic (exact) mass is 581 g/mol. The molecule has 0 aromatic heterocycles. The Morgan fingerprint density at radius 3 is 2.20 bits per heavy atom. The van der Waals surface area contributed by atoms with E-state index in [4.69, 9.17) is 9.47 Å². The van der Waals surface area contributed by atoms with Crippen LogP contribution in [-0.4, -0.2) is 65.0 Å². The van der Waals surface area contributed by atoms with E-state index in [1.54, 1.807) is 31.2 Å². The van der Waals surface area contributed by atoms with Crippen molar-refractivity contribution >= 4 is 27.5 Å². The van der Waals surface area contributed by atoms with Crippen molar-refractivity contribution in [2.45, 2.75) is 44.6 Å². The van der Waals surface area contributed by atoms with Crippen LogP contribution in [0.5, 0.6) is 11.5 Å². The molecule has 1 atom stereocenters. The largest absolute Gasteiger partial charge is 0.493 e. The number of hydrogen-bond acceptors (Lipinski definition) is 6. The van der Waals surface area contributed by atoms with Gasteiger partial charge in [-0.05, 0) is 56.5 Å². The summed E-state index contributed by atoms with van der Waals surface area (Å²) in [5, 5.41) is 2.85. The average molecular weight is 582 g/mol. The highest BCUT2D eigenvalue weighted by Gasteiger charge is 2.32. The molecule has 0 aliphatic rings. The van der Waals surface area contributed by atoms with Crippen molar-refractivity contribution in [1.82, 2.24) is 10.2 Å². The van der Waals surface area contributed by atoms with Crippen molar-refractivity contribution in [3.63, 3.8) is 0 Å². The fourth-order valence-electron chi connectivity index (χ4n) is 4.31. The van der Waals surface area contributed by atoms with Crippen molar-refractivity contribution in [3.8, 4) is 11.5 Å². The zero-order chi connectivity index (χ0) is 30.0. The summed E-state index contributed by atoms with van der Waals surface area (Å²) in [5.74, 6) is -0.166. The lowest BCUT2D eigenvalue weighted by Gasteiger charge is -2.32. The standard InChI is InChI=1S/C31H39N3O6S/c1-6-19-32-31(36)24(3)33(20-18-25-10-8-7-9-11-25)30(35)22-34(26-14-12-23(2)13-15-26)41(37,38)27-16-17-28(39-4)29(21-27)40-5/h7-17,21,24H,6,18-20,22H2,1-5H3,(H,32,36)/t24-/m0/s1. The van der Waals surface area contributed by atoms with Crippen LogP contribution < -0.4 is 19.1 Å². The van der Waals surface area contributed by atoms with E-state index in [-0.39, 0.29) is 23.1 Å². The Morgan fingerprint density at radius 1 is 0.927 bits per heavy atom. The van der Waals surface area contributed by atoms with Crippen molar-refractivity contribution in [1.29, 1.82) is 0 Å². The first kappa shape index (κ1) is 31.5. The molecule has 0 radical (unpaired) electrons. The first-order valence-electron chi connectivity index (χ1n) is 13.5. The molecule has 3 aromatic carbocycles. The van der Waals surface area contributed by atoms with Crippen molar-refractivity contribution < 1.29 is 27.5 Å². The number of carbonyl (C=O) groups is 2. The maximum absolute atomic E-state index is 14.0. The first-order chi connectivity index (χ1) is 19.6. The van der Waals surface area contributed by atoms with E-state index in [0.29, 0.717) is 24.4 Å². The molecule has 41 heavy (non-hydrogen) atoms. The van der Waals surface area contributed by atoms with Gasteiger partial charge in [-0.2, -0.15) is 0 Å². The van der Waals surface area contributed by atoms with Crippen LogP contribution in [0.1, 0.15) is 31.4 Å². The minimum absolute atomic E-state index is 0.0619. The molecule has 0 spiro atoms. The SMILES string of the molecule is CCCNC(=O)[C@H](C)N(CCc1ccccc1)C(=O)CN(c1ccc(C)cc1)S(=O)(=O)c1ccc(OC)c(OC)c1. The molecule has 0 saturated carbocycles. The average Bonchev–Trinajstić information content (AvgIpc) is 2.99. The molecule has 0 heterocycles. The number of sulfonamides is 1. The van der Waals surface area contributed by atoms with Crippen LogP contribution in [0.4, 0.5) is 5.69 Å². The highest BCUT2D eigenvalue weighted by atomic mass is 32.2. The molecule has 2 amide bonds. The third-order valence-electron chi connectivity index (χ3n) is 6.74. The Balaban J connectivity index is 2.00. The van der Waals surface area contributed by atoms with Crippen LogP contribution >= 0.6 is 0 Å². The topological polar surface area (TPSA) is 105 Å². The highest BCUT2D eigenvalue weighted by molar-refractivity contribution is 7.92. The van der Waals surface area contributed by atoms with Crippen molar-refractivity contribution in [2.75, 3.05) is 38.2 Å². The Morgan fingerprint density at radius 2 is 1.59 bits per heavy atom. The number of ether oxygens (including phenoxy) is 2. The summed E-state index contributed by atoms with van der Waals surface area (Å²) in [5.41, 5.74) is 2.26. The van der Waals surface area contributed by atoms with Gasteiger partial charge in [0.2, 0.25) is 11.8 Å². The van der Waals surface area contributed by atoms with Crippen molar-refractivity contribution in [3.05, 3.63) is 83.9 Å². The van der Waals surface area contributed by atoms with Gasteiger partial charge in [-0.3, -0.25) is 13.9 Å². The van der Waals surface area contributed by atoms with Crippen LogP contribution in [0, 0.1) is 6.92 Å². The van der Waals surface area contributed by atoms with Gasteiger partial charge in [0.25, 0.3) is 10.0 Å². The zero-order valence-electron chi connectivity index (χ0n) is 24.3. The second-order valence-electron chi connectivity index (χ2n) is 9.65. The van der Waals surface area contributed by atoms with Gasteiger partial charge in [-0.1, -0.05) is 55.0 Å². The molecule has 3 aromatic rings. The number of benzene rings is 3. The Kier molecular flexibility index (Phi) is 11.2. The number of nitrogens with zero attached hydrogens (tertiary/aromatic N) is 2. The predicted molar refractivity (Wildman–Crippen MR) is 160 cm³/mol. The lowest BCUT2D eigenvalue weighted by molar-refractivity contribution is -0.138. The van der Waals surface area contributed by atoms with Gasteiger partial charge < -0.3 is 19.7 Å². The van der Waals surface area contributed by atoms with Gasteiger partial charge in [-0.15, -0.1) is 0 Å². The molecule has 9 nitrogen and oxygen atoms in total. The molecule has 3 rings (SSSR count). The van der Waals surface area contributed by atoms with Crippen LogP contribution in [0.25, 0.3) is 0 Å². The van der Waals surface area contributed by atoms with E-state index in [9.17, 15) is 18.0 Å². The Bertz CT molecular complexity index is 1410. The fourth-order valence-corrected chi connectivity index (χ4v) is 5.74. The third-order valence-corrected chi connectivity index (χ3v) is 8.51. The number of nitrogens with one attached hydrogen (secondary N) is 1. The molecule has 1 N–H and O–H groups in total. The van der Waals surface area contributed by atoms with E-state index in [2.05, 4.69) is 5.32 Å². The molecule has 10 heteroatoms. The summed E-state index contributed by atoms with van der Waals surface area (Å²) < 4.78 is 39.8. The van der Waals surface area contributed by atoms with Gasteiger partial charge in [0, 0.05) is 19.2 Å². The molecule has 0 fully saturated rings. The fraction of sp³-hybridized carbons (Fsp3) is 0.355. The Labute approximate surface area is 243 Å². The number of aryl methyl sites for hydroxylation is 1. The summed E-state index contributed by atoms with van der Waals surface area (Å²) in [6.07, 6.45) is 1.26. The smallest absolute Gasteiger partial charge is 0.264 e. The predicted octanol–water partition coefficient (Wildman–Crippen LogP) is 4.19. The van der Waals surface area contributed by atoms with Gasteiger partial charge in [0.1, 0.15) is 12.6 Å². The normalized spacial score (nSPS) is 11.8. The van der Waals surface area contributed by atoms with Crippen LogP contribution in [-0.2, 0) is 26.0 Å².